The molecule has 6 heteroatoms. The van der Waals surface area contributed by atoms with Crippen molar-refractivity contribution in [2.45, 2.75) is 44.9 Å². The highest BCUT2D eigenvalue weighted by molar-refractivity contribution is 5.85. The van der Waals surface area contributed by atoms with E-state index in [0.717, 1.165) is 30.5 Å². The molecular weight excluding hydrogens is 326 g/mol. The minimum atomic E-state index is -0.141. The molecule has 0 aromatic heterocycles. The van der Waals surface area contributed by atoms with Crippen LogP contribution in [-0.2, 0) is 16.0 Å². The van der Waals surface area contributed by atoms with Gasteiger partial charge in [-0.1, -0.05) is 31.4 Å². The van der Waals surface area contributed by atoms with E-state index in [1.165, 1.54) is 19.3 Å². The summed E-state index contributed by atoms with van der Waals surface area (Å²) in [6, 6.07) is 7.60. The fourth-order valence-corrected chi connectivity index (χ4v) is 3.00. The SMILES string of the molecule is Cl.Nc1ccc(CCNC(=O)CNC(=O)CC2CCCCC2)cc1. The lowest BCUT2D eigenvalue weighted by molar-refractivity contribution is -0.126. The van der Waals surface area contributed by atoms with Gasteiger partial charge in [0.05, 0.1) is 6.54 Å². The third kappa shape index (κ3) is 7.68. The Labute approximate surface area is 150 Å². The summed E-state index contributed by atoms with van der Waals surface area (Å²) in [4.78, 5) is 23.6. The molecule has 1 saturated carbocycles. The standard InChI is InChI=1S/C18H27N3O2.ClH/c19-16-8-6-14(7-9-16)10-11-20-18(23)13-21-17(22)12-15-4-2-1-3-5-15;/h6-9,15H,1-5,10-13,19H2,(H,20,23)(H,21,22);1H. The van der Waals surface area contributed by atoms with Crippen LogP contribution in [0.3, 0.4) is 0 Å². The number of nitrogens with one attached hydrogen (secondary N) is 2. The minimum Gasteiger partial charge on any atom is -0.399 e. The van der Waals surface area contributed by atoms with Gasteiger partial charge < -0.3 is 16.4 Å². The normalized spacial score (nSPS) is 14.5. The summed E-state index contributed by atoms with van der Waals surface area (Å²) in [5, 5.41) is 5.54. The molecule has 0 bridgehead atoms. The van der Waals surface area contributed by atoms with Crippen LogP contribution < -0.4 is 16.4 Å². The molecule has 0 atom stereocenters. The van der Waals surface area contributed by atoms with Crippen LogP contribution in [0, 0.1) is 5.92 Å². The fourth-order valence-electron chi connectivity index (χ4n) is 3.00. The monoisotopic (exact) mass is 353 g/mol. The summed E-state index contributed by atoms with van der Waals surface area (Å²) < 4.78 is 0. The summed E-state index contributed by atoms with van der Waals surface area (Å²) in [6.45, 7) is 0.620. The lowest BCUT2D eigenvalue weighted by Gasteiger charge is -2.20. The van der Waals surface area contributed by atoms with E-state index >= 15 is 0 Å². The van der Waals surface area contributed by atoms with Crippen LogP contribution in [0.4, 0.5) is 5.69 Å². The first-order valence-corrected chi connectivity index (χ1v) is 8.51. The molecular formula is C18H28ClN3O2. The van der Waals surface area contributed by atoms with Crippen LogP contribution in [0.5, 0.6) is 0 Å². The number of carbonyl (C=O) groups excluding carboxylic acids is 2. The zero-order chi connectivity index (χ0) is 16.5. The molecule has 24 heavy (non-hydrogen) atoms. The van der Waals surface area contributed by atoms with Gasteiger partial charge in [0.25, 0.3) is 0 Å². The van der Waals surface area contributed by atoms with E-state index in [1.807, 2.05) is 24.3 Å². The molecule has 2 rings (SSSR count). The number of amides is 2. The lowest BCUT2D eigenvalue weighted by Crippen LogP contribution is -2.38. The molecule has 0 spiro atoms. The molecule has 0 unspecified atom stereocenters. The van der Waals surface area contributed by atoms with Crippen molar-refractivity contribution in [3.63, 3.8) is 0 Å². The van der Waals surface area contributed by atoms with Crippen molar-refractivity contribution in [2.24, 2.45) is 5.92 Å². The van der Waals surface area contributed by atoms with Crippen molar-refractivity contribution in [3.05, 3.63) is 29.8 Å². The van der Waals surface area contributed by atoms with E-state index in [-0.39, 0.29) is 30.8 Å². The molecule has 5 nitrogen and oxygen atoms in total. The molecule has 4 N–H and O–H groups in total. The molecule has 0 radical (unpaired) electrons. The Bertz CT molecular complexity index is 514. The first kappa shape index (κ1) is 20.3. The van der Waals surface area contributed by atoms with Gasteiger partial charge in [-0.15, -0.1) is 12.4 Å². The lowest BCUT2D eigenvalue weighted by atomic mass is 9.87. The summed E-state index contributed by atoms with van der Waals surface area (Å²) in [7, 11) is 0. The molecule has 1 fully saturated rings. The Morgan fingerprint density at radius 1 is 1.00 bits per heavy atom. The Kier molecular flexibility index (Phi) is 9.23. The van der Waals surface area contributed by atoms with Gasteiger partial charge in [0.15, 0.2) is 0 Å². The van der Waals surface area contributed by atoms with E-state index in [0.29, 0.717) is 18.9 Å². The van der Waals surface area contributed by atoms with Crippen molar-refractivity contribution < 1.29 is 9.59 Å². The van der Waals surface area contributed by atoms with Gasteiger partial charge in [-0.2, -0.15) is 0 Å². The first-order chi connectivity index (χ1) is 11.1. The van der Waals surface area contributed by atoms with Gasteiger partial charge in [-0.3, -0.25) is 9.59 Å². The van der Waals surface area contributed by atoms with Gasteiger partial charge in [-0.05, 0) is 42.9 Å². The maximum atomic E-state index is 11.8. The van der Waals surface area contributed by atoms with Gasteiger partial charge in [0, 0.05) is 18.7 Å². The topological polar surface area (TPSA) is 84.2 Å². The van der Waals surface area contributed by atoms with Crippen LogP contribution in [0.1, 0.15) is 44.1 Å². The molecule has 0 aliphatic heterocycles. The number of benzene rings is 1. The number of nitrogen functional groups attached to an aromatic ring is 1. The molecule has 0 heterocycles. The van der Waals surface area contributed by atoms with Gasteiger partial charge in [-0.25, -0.2) is 0 Å². The average Bonchev–Trinajstić information content (AvgIpc) is 2.56. The predicted octanol–water partition coefficient (Wildman–Crippen LogP) is 2.44. The number of rotatable bonds is 7. The third-order valence-electron chi connectivity index (χ3n) is 4.36. The Balaban J connectivity index is 0.00000288. The van der Waals surface area contributed by atoms with Crippen molar-refractivity contribution in [2.75, 3.05) is 18.8 Å². The number of hydrogen-bond donors (Lipinski definition) is 3. The van der Waals surface area contributed by atoms with Crippen molar-refractivity contribution in [3.8, 4) is 0 Å². The third-order valence-corrected chi connectivity index (χ3v) is 4.36. The fraction of sp³-hybridized carbons (Fsp3) is 0.556. The van der Waals surface area contributed by atoms with E-state index < -0.39 is 0 Å². The zero-order valence-electron chi connectivity index (χ0n) is 14.1. The van der Waals surface area contributed by atoms with E-state index in [9.17, 15) is 9.59 Å². The number of carbonyl (C=O) groups is 2. The van der Waals surface area contributed by atoms with E-state index in [4.69, 9.17) is 5.73 Å². The average molecular weight is 354 g/mol. The predicted molar refractivity (Wildman–Crippen MR) is 99.0 cm³/mol. The number of hydrogen-bond acceptors (Lipinski definition) is 3. The highest BCUT2D eigenvalue weighted by atomic mass is 35.5. The van der Waals surface area contributed by atoms with Crippen molar-refractivity contribution in [1.29, 1.82) is 0 Å². The summed E-state index contributed by atoms with van der Waals surface area (Å²) >= 11 is 0. The van der Waals surface area contributed by atoms with E-state index in [1.54, 1.807) is 0 Å². The summed E-state index contributed by atoms with van der Waals surface area (Å²) in [6.07, 6.45) is 7.32. The van der Waals surface area contributed by atoms with Crippen molar-refractivity contribution >= 4 is 29.9 Å². The second-order valence-corrected chi connectivity index (χ2v) is 6.33. The van der Waals surface area contributed by atoms with Crippen LogP contribution in [-0.4, -0.2) is 24.9 Å². The summed E-state index contributed by atoms with van der Waals surface area (Å²) in [5.74, 6) is 0.348. The smallest absolute Gasteiger partial charge is 0.239 e. The van der Waals surface area contributed by atoms with Gasteiger partial charge in [0.1, 0.15) is 0 Å². The first-order valence-electron chi connectivity index (χ1n) is 8.51. The highest BCUT2D eigenvalue weighted by Gasteiger charge is 2.17. The second kappa shape index (κ2) is 10.9. The molecule has 0 saturated heterocycles. The van der Waals surface area contributed by atoms with E-state index in [2.05, 4.69) is 10.6 Å². The maximum Gasteiger partial charge on any atom is 0.239 e. The van der Waals surface area contributed by atoms with Gasteiger partial charge >= 0.3 is 0 Å². The van der Waals surface area contributed by atoms with Crippen LogP contribution in [0.25, 0.3) is 0 Å². The Morgan fingerprint density at radius 3 is 2.33 bits per heavy atom. The molecule has 2 amide bonds. The quantitative estimate of drug-likeness (QED) is 0.658. The molecule has 134 valence electrons. The number of halogens is 1. The van der Waals surface area contributed by atoms with Crippen LogP contribution in [0.15, 0.2) is 24.3 Å². The minimum absolute atomic E-state index is 0. The number of nitrogens with two attached hydrogens (primary N) is 1. The van der Waals surface area contributed by atoms with Gasteiger partial charge in [0.2, 0.25) is 11.8 Å². The van der Waals surface area contributed by atoms with Crippen LogP contribution >= 0.6 is 12.4 Å². The number of anilines is 1. The summed E-state index contributed by atoms with van der Waals surface area (Å²) in [5.41, 5.74) is 7.49. The largest absolute Gasteiger partial charge is 0.399 e. The van der Waals surface area contributed by atoms with Crippen LogP contribution in [0.2, 0.25) is 0 Å². The Hall–Kier alpha value is -1.75. The molecule has 1 aliphatic carbocycles. The zero-order valence-corrected chi connectivity index (χ0v) is 14.9. The molecule has 1 aromatic carbocycles. The van der Waals surface area contributed by atoms with Crippen molar-refractivity contribution in [1.82, 2.24) is 10.6 Å². The second-order valence-electron chi connectivity index (χ2n) is 6.33. The molecule has 1 aliphatic rings. The highest BCUT2D eigenvalue weighted by Crippen LogP contribution is 2.25. The maximum absolute atomic E-state index is 11.8. The molecule has 1 aromatic rings. The Morgan fingerprint density at radius 2 is 1.67 bits per heavy atom.